The first-order chi connectivity index (χ1) is 10.2. The van der Waals surface area contributed by atoms with Crippen LogP contribution in [-0.4, -0.2) is 30.5 Å². The molecule has 0 aliphatic carbocycles. The number of furan rings is 1. The van der Waals surface area contributed by atoms with E-state index in [9.17, 15) is 0 Å². The van der Waals surface area contributed by atoms with Gasteiger partial charge in [0.05, 0.1) is 12.3 Å². The average Bonchev–Trinajstić information content (AvgIpc) is 3.13. The Hall–Kier alpha value is -2.04. The van der Waals surface area contributed by atoms with Crippen molar-refractivity contribution in [1.82, 2.24) is 15.2 Å². The Morgan fingerprint density at radius 2 is 2.14 bits per heavy atom. The zero-order valence-corrected chi connectivity index (χ0v) is 12.5. The second-order valence-corrected chi connectivity index (χ2v) is 5.53. The first-order valence-electron chi connectivity index (χ1n) is 7.20. The molecule has 0 aliphatic heterocycles. The highest BCUT2D eigenvalue weighted by Crippen LogP contribution is 2.18. The van der Waals surface area contributed by atoms with E-state index in [1.807, 2.05) is 18.3 Å². The number of H-pyrrole nitrogens is 1. The maximum atomic E-state index is 5.52. The van der Waals surface area contributed by atoms with Crippen LogP contribution in [-0.2, 0) is 6.54 Å². The number of nitrogens with one attached hydrogen (secondary N) is 2. The highest BCUT2D eigenvalue weighted by Gasteiger charge is 2.16. The molecule has 2 aromatic heterocycles. The van der Waals surface area contributed by atoms with Crippen molar-refractivity contribution in [3.8, 4) is 0 Å². The summed E-state index contributed by atoms with van der Waals surface area (Å²) in [5.41, 5.74) is 2.47. The average molecular weight is 283 g/mol. The molecule has 21 heavy (non-hydrogen) atoms. The minimum Gasteiger partial charge on any atom is -0.468 e. The third-order valence-electron chi connectivity index (χ3n) is 3.78. The zero-order chi connectivity index (χ0) is 14.7. The topological polar surface area (TPSA) is 44.2 Å². The molecule has 0 fully saturated rings. The molecule has 1 unspecified atom stereocenters. The largest absolute Gasteiger partial charge is 0.468 e. The monoisotopic (exact) mass is 283 g/mol. The summed E-state index contributed by atoms with van der Waals surface area (Å²) in [5, 5.41) is 4.77. The lowest BCUT2D eigenvalue weighted by Crippen LogP contribution is -2.30. The van der Waals surface area contributed by atoms with Gasteiger partial charge in [0.15, 0.2) is 0 Å². The van der Waals surface area contributed by atoms with Crippen LogP contribution in [0.3, 0.4) is 0 Å². The molecule has 3 aromatic rings. The quantitative estimate of drug-likeness (QED) is 0.730. The molecule has 2 N–H and O–H groups in total. The van der Waals surface area contributed by atoms with Crippen LogP contribution in [0.1, 0.15) is 17.4 Å². The van der Waals surface area contributed by atoms with Gasteiger partial charge in [0, 0.05) is 24.8 Å². The fourth-order valence-electron chi connectivity index (χ4n) is 2.58. The lowest BCUT2D eigenvalue weighted by molar-refractivity contribution is 0.250. The molecule has 1 atom stereocenters. The van der Waals surface area contributed by atoms with Gasteiger partial charge >= 0.3 is 0 Å². The van der Waals surface area contributed by atoms with E-state index in [2.05, 4.69) is 53.6 Å². The van der Waals surface area contributed by atoms with E-state index in [-0.39, 0.29) is 6.04 Å². The van der Waals surface area contributed by atoms with Crippen molar-refractivity contribution in [2.24, 2.45) is 0 Å². The Kier molecular flexibility index (Phi) is 4.08. The molecule has 0 radical (unpaired) electrons. The molecule has 3 rings (SSSR count). The number of aromatic nitrogens is 1. The van der Waals surface area contributed by atoms with Crippen molar-refractivity contribution in [3.05, 3.63) is 60.2 Å². The van der Waals surface area contributed by atoms with E-state index >= 15 is 0 Å². The van der Waals surface area contributed by atoms with Crippen LogP contribution >= 0.6 is 0 Å². The van der Waals surface area contributed by atoms with Crippen LogP contribution in [0.4, 0.5) is 0 Å². The summed E-state index contributed by atoms with van der Waals surface area (Å²) in [6.07, 6.45) is 3.70. The van der Waals surface area contributed by atoms with E-state index in [1.165, 1.54) is 16.5 Å². The standard InChI is InChI=1S/C17H21N3O/c1-20(2)16(17-4-3-9-21-17)12-18-11-13-5-6-15-14(10-13)7-8-19-15/h3-10,16,18-19H,11-12H2,1-2H3. The summed E-state index contributed by atoms with van der Waals surface area (Å²) in [6, 6.07) is 12.8. The summed E-state index contributed by atoms with van der Waals surface area (Å²) < 4.78 is 5.52. The maximum absolute atomic E-state index is 5.52. The summed E-state index contributed by atoms with van der Waals surface area (Å²) in [7, 11) is 4.14. The molecule has 0 saturated heterocycles. The molecule has 0 amide bonds. The lowest BCUT2D eigenvalue weighted by atomic mass is 10.1. The van der Waals surface area contributed by atoms with Gasteiger partial charge in [-0.3, -0.25) is 4.90 Å². The van der Waals surface area contributed by atoms with Gasteiger partial charge in [-0.25, -0.2) is 0 Å². The van der Waals surface area contributed by atoms with Crippen molar-refractivity contribution in [3.63, 3.8) is 0 Å². The predicted octanol–water partition coefficient (Wildman–Crippen LogP) is 3.15. The fourth-order valence-corrected chi connectivity index (χ4v) is 2.58. The van der Waals surface area contributed by atoms with Crippen LogP contribution < -0.4 is 5.32 Å². The normalized spacial score (nSPS) is 13.1. The van der Waals surface area contributed by atoms with Gasteiger partial charge in [0.2, 0.25) is 0 Å². The van der Waals surface area contributed by atoms with E-state index in [1.54, 1.807) is 6.26 Å². The molecule has 0 saturated carbocycles. The number of rotatable bonds is 6. The van der Waals surface area contributed by atoms with E-state index in [0.717, 1.165) is 18.8 Å². The second kappa shape index (κ2) is 6.16. The molecule has 4 heteroatoms. The summed E-state index contributed by atoms with van der Waals surface area (Å²) >= 11 is 0. The molecule has 4 nitrogen and oxygen atoms in total. The SMILES string of the molecule is CN(C)C(CNCc1ccc2[nH]ccc2c1)c1ccco1. The molecular formula is C17H21N3O. The van der Waals surface area contributed by atoms with Gasteiger partial charge in [-0.15, -0.1) is 0 Å². The van der Waals surface area contributed by atoms with Gasteiger partial charge in [-0.05, 0) is 55.4 Å². The van der Waals surface area contributed by atoms with E-state index in [0.29, 0.717) is 0 Å². The second-order valence-electron chi connectivity index (χ2n) is 5.53. The smallest absolute Gasteiger partial charge is 0.122 e. The van der Waals surface area contributed by atoms with E-state index < -0.39 is 0 Å². The summed E-state index contributed by atoms with van der Waals surface area (Å²) in [6.45, 7) is 1.71. The number of likely N-dealkylation sites (N-methyl/N-ethyl adjacent to an activating group) is 1. The number of aromatic amines is 1. The van der Waals surface area contributed by atoms with Crippen molar-refractivity contribution in [2.75, 3.05) is 20.6 Å². The molecule has 0 aliphatic rings. The number of benzene rings is 1. The first-order valence-corrected chi connectivity index (χ1v) is 7.20. The Labute approximate surface area is 124 Å². The van der Waals surface area contributed by atoms with Crippen molar-refractivity contribution in [2.45, 2.75) is 12.6 Å². The van der Waals surface area contributed by atoms with Crippen LogP contribution in [0, 0.1) is 0 Å². The van der Waals surface area contributed by atoms with Crippen LogP contribution in [0.15, 0.2) is 53.3 Å². The zero-order valence-electron chi connectivity index (χ0n) is 12.5. The van der Waals surface area contributed by atoms with Crippen molar-refractivity contribution in [1.29, 1.82) is 0 Å². The fraction of sp³-hybridized carbons (Fsp3) is 0.294. The van der Waals surface area contributed by atoms with Crippen LogP contribution in [0.5, 0.6) is 0 Å². The van der Waals surface area contributed by atoms with Crippen LogP contribution in [0.25, 0.3) is 10.9 Å². The first kappa shape index (κ1) is 13.9. The van der Waals surface area contributed by atoms with Crippen molar-refractivity contribution >= 4 is 10.9 Å². The Bertz CT molecular complexity index is 685. The predicted molar refractivity (Wildman–Crippen MR) is 85.1 cm³/mol. The Balaban J connectivity index is 1.61. The van der Waals surface area contributed by atoms with Crippen LogP contribution in [0.2, 0.25) is 0 Å². The van der Waals surface area contributed by atoms with Crippen molar-refractivity contribution < 1.29 is 4.42 Å². The third kappa shape index (κ3) is 3.17. The Morgan fingerprint density at radius 1 is 1.24 bits per heavy atom. The Morgan fingerprint density at radius 3 is 2.90 bits per heavy atom. The minimum atomic E-state index is 0.246. The van der Waals surface area contributed by atoms with Gasteiger partial charge in [-0.2, -0.15) is 0 Å². The summed E-state index contributed by atoms with van der Waals surface area (Å²) in [4.78, 5) is 5.38. The lowest BCUT2D eigenvalue weighted by Gasteiger charge is -2.22. The summed E-state index contributed by atoms with van der Waals surface area (Å²) in [5.74, 6) is 0.994. The van der Waals surface area contributed by atoms with Gasteiger partial charge in [-0.1, -0.05) is 6.07 Å². The number of hydrogen-bond donors (Lipinski definition) is 2. The molecule has 0 spiro atoms. The van der Waals surface area contributed by atoms with Gasteiger partial charge < -0.3 is 14.7 Å². The molecule has 2 heterocycles. The maximum Gasteiger partial charge on any atom is 0.122 e. The number of hydrogen-bond acceptors (Lipinski definition) is 3. The molecular weight excluding hydrogens is 262 g/mol. The van der Waals surface area contributed by atoms with Gasteiger partial charge in [0.1, 0.15) is 5.76 Å². The molecule has 110 valence electrons. The molecule has 1 aromatic carbocycles. The van der Waals surface area contributed by atoms with Gasteiger partial charge in [0.25, 0.3) is 0 Å². The highest BCUT2D eigenvalue weighted by molar-refractivity contribution is 5.79. The number of nitrogens with zero attached hydrogens (tertiary/aromatic N) is 1. The van der Waals surface area contributed by atoms with E-state index in [4.69, 9.17) is 4.42 Å². The number of fused-ring (bicyclic) bond motifs is 1. The highest BCUT2D eigenvalue weighted by atomic mass is 16.3. The minimum absolute atomic E-state index is 0.246. The molecule has 0 bridgehead atoms. The third-order valence-corrected chi connectivity index (χ3v) is 3.78.